The summed E-state index contributed by atoms with van der Waals surface area (Å²) in [5, 5.41) is 13.5. The van der Waals surface area contributed by atoms with Crippen LogP contribution in [0.15, 0.2) is 36.5 Å². The standard InChI is InChI=1S/C14H14N2O3/c17-14(18)11-9-15-16(10-5-2-1-3-6-10)13(11)12-7-4-8-19-12/h1-3,5-6,9,12H,4,7-8H2,(H,17,18). The van der Waals surface area contributed by atoms with Gasteiger partial charge in [-0.25, -0.2) is 9.48 Å². The van der Waals surface area contributed by atoms with Gasteiger partial charge in [0.25, 0.3) is 0 Å². The van der Waals surface area contributed by atoms with Crippen molar-refractivity contribution in [1.82, 2.24) is 9.78 Å². The summed E-state index contributed by atoms with van der Waals surface area (Å²) in [4.78, 5) is 11.3. The fourth-order valence-electron chi connectivity index (χ4n) is 2.40. The first-order chi connectivity index (χ1) is 9.27. The molecule has 5 nitrogen and oxygen atoms in total. The van der Waals surface area contributed by atoms with Crippen LogP contribution < -0.4 is 0 Å². The van der Waals surface area contributed by atoms with E-state index in [9.17, 15) is 9.90 Å². The van der Waals surface area contributed by atoms with Crippen molar-refractivity contribution in [2.45, 2.75) is 18.9 Å². The molecule has 5 heteroatoms. The molecule has 1 unspecified atom stereocenters. The van der Waals surface area contributed by atoms with Crippen molar-refractivity contribution in [2.75, 3.05) is 6.61 Å². The van der Waals surface area contributed by atoms with E-state index < -0.39 is 5.97 Å². The molecule has 3 rings (SSSR count). The number of rotatable bonds is 3. The highest BCUT2D eigenvalue weighted by Gasteiger charge is 2.28. The summed E-state index contributed by atoms with van der Waals surface area (Å²) in [6.45, 7) is 0.670. The third-order valence-corrected chi connectivity index (χ3v) is 3.27. The molecule has 0 bridgehead atoms. The van der Waals surface area contributed by atoms with Gasteiger partial charge >= 0.3 is 5.97 Å². The Hall–Kier alpha value is -2.14. The van der Waals surface area contributed by atoms with Crippen molar-refractivity contribution < 1.29 is 14.6 Å². The molecule has 98 valence electrons. The Bertz CT molecular complexity index is 586. The van der Waals surface area contributed by atoms with E-state index in [0.29, 0.717) is 12.3 Å². The molecule has 1 aliphatic rings. The van der Waals surface area contributed by atoms with E-state index in [0.717, 1.165) is 18.5 Å². The molecule has 0 amide bonds. The Balaban J connectivity index is 2.12. The van der Waals surface area contributed by atoms with Crippen molar-refractivity contribution >= 4 is 5.97 Å². The summed E-state index contributed by atoms with van der Waals surface area (Å²) in [6.07, 6.45) is 2.99. The maximum atomic E-state index is 11.3. The van der Waals surface area contributed by atoms with E-state index in [4.69, 9.17) is 4.74 Å². The van der Waals surface area contributed by atoms with Gasteiger partial charge in [-0.15, -0.1) is 0 Å². The Kier molecular flexibility index (Phi) is 3.05. The molecular weight excluding hydrogens is 244 g/mol. The third-order valence-electron chi connectivity index (χ3n) is 3.27. The van der Waals surface area contributed by atoms with Gasteiger partial charge in [0.2, 0.25) is 0 Å². The quantitative estimate of drug-likeness (QED) is 0.918. The van der Waals surface area contributed by atoms with Gasteiger partial charge in [-0.1, -0.05) is 18.2 Å². The number of para-hydroxylation sites is 1. The number of hydrogen-bond acceptors (Lipinski definition) is 3. The van der Waals surface area contributed by atoms with Crippen molar-refractivity contribution in [3.05, 3.63) is 47.8 Å². The Morgan fingerprint density at radius 2 is 2.16 bits per heavy atom. The van der Waals surface area contributed by atoms with E-state index in [1.54, 1.807) is 4.68 Å². The van der Waals surface area contributed by atoms with Gasteiger partial charge in [-0.05, 0) is 25.0 Å². The third kappa shape index (κ3) is 2.13. The van der Waals surface area contributed by atoms with Gasteiger partial charge in [0.05, 0.1) is 17.6 Å². The lowest BCUT2D eigenvalue weighted by atomic mass is 10.1. The van der Waals surface area contributed by atoms with Crippen molar-refractivity contribution in [3.63, 3.8) is 0 Å². The fraction of sp³-hybridized carbons (Fsp3) is 0.286. The minimum Gasteiger partial charge on any atom is -0.478 e. The molecule has 1 N–H and O–H groups in total. The van der Waals surface area contributed by atoms with Crippen LogP contribution in [0.25, 0.3) is 5.69 Å². The zero-order valence-electron chi connectivity index (χ0n) is 10.3. The predicted molar refractivity (Wildman–Crippen MR) is 68.5 cm³/mol. The number of carboxylic acid groups (broad SMARTS) is 1. The van der Waals surface area contributed by atoms with Crippen LogP contribution in [0.1, 0.15) is 35.0 Å². The second-order valence-electron chi connectivity index (χ2n) is 4.50. The summed E-state index contributed by atoms with van der Waals surface area (Å²) in [7, 11) is 0. The van der Waals surface area contributed by atoms with Crippen molar-refractivity contribution in [3.8, 4) is 5.69 Å². The Morgan fingerprint density at radius 1 is 1.37 bits per heavy atom. The molecule has 0 saturated carbocycles. The highest BCUT2D eigenvalue weighted by Crippen LogP contribution is 2.32. The van der Waals surface area contributed by atoms with E-state index in [-0.39, 0.29) is 11.7 Å². The normalized spacial score (nSPS) is 18.6. The van der Waals surface area contributed by atoms with E-state index in [1.807, 2.05) is 30.3 Å². The Labute approximate surface area is 110 Å². The maximum absolute atomic E-state index is 11.3. The number of carbonyl (C=O) groups is 1. The lowest BCUT2D eigenvalue weighted by molar-refractivity contribution is 0.0679. The van der Waals surface area contributed by atoms with Crippen LogP contribution in [0.2, 0.25) is 0 Å². The second-order valence-corrected chi connectivity index (χ2v) is 4.50. The molecular formula is C14H14N2O3. The molecule has 19 heavy (non-hydrogen) atoms. The lowest BCUT2D eigenvalue weighted by Gasteiger charge is -2.14. The average molecular weight is 258 g/mol. The fourth-order valence-corrected chi connectivity index (χ4v) is 2.40. The lowest BCUT2D eigenvalue weighted by Crippen LogP contribution is -2.11. The minimum absolute atomic E-state index is 0.186. The SMILES string of the molecule is O=C(O)c1cnn(-c2ccccc2)c1C1CCCO1. The number of aromatic carboxylic acids is 1. The van der Waals surface area contributed by atoms with Crippen LogP contribution in [-0.2, 0) is 4.74 Å². The summed E-state index contributed by atoms with van der Waals surface area (Å²) in [6, 6.07) is 9.51. The van der Waals surface area contributed by atoms with Gasteiger partial charge < -0.3 is 9.84 Å². The van der Waals surface area contributed by atoms with Crippen molar-refractivity contribution in [1.29, 1.82) is 0 Å². The smallest absolute Gasteiger partial charge is 0.339 e. The van der Waals surface area contributed by atoms with Crippen LogP contribution in [0.4, 0.5) is 0 Å². The molecule has 0 spiro atoms. The van der Waals surface area contributed by atoms with Crippen LogP contribution >= 0.6 is 0 Å². The summed E-state index contributed by atoms with van der Waals surface area (Å²) < 4.78 is 7.29. The molecule has 1 aromatic carbocycles. The molecule has 1 fully saturated rings. The molecule has 1 saturated heterocycles. The highest BCUT2D eigenvalue weighted by atomic mass is 16.5. The van der Waals surface area contributed by atoms with Crippen LogP contribution in [0.5, 0.6) is 0 Å². The van der Waals surface area contributed by atoms with Gasteiger partial charge in [-0.2, -0.15) is 5.10 Å². The zero-order valence-corrected chi connectivity index (χ0v) is 10.3. The minimum atomic E-state index is -0.965. The first-order valence-electron chi connectivity index (χ1n) is 6.25. The summed E-state index contributed by atoms with van der Waals surface area (Å²) in [5.41, 5.74) is 1.70. The average Bonchev–Trinajstić information content (AvgIpc) is 3.08. The van der Waals surface area contributed by atoms with E-state index >= 15 is 0 Å². The van der Waals surface area contributed by atoms with E-state index in [2.05, 4.69) is 5.10 Å². The number of aromatic nitrogens is 2. The van der Waals surface area contributed by atoms with Gasteiger partial charge in [0.15, 0.2) is 0 Å². The largest absolute Gasteiger partial charge is 0.478 e. The molecule has 0 aliphatic carbocycles. The van der Waals surface area contributed by atoms with Crippen LogP contribution in [0, 0.1) is 0 Å². The molecule has 0 radical (unpaired) electrons. The summed E-state index contributed by atoms with van der Waals surface area (Å²) in [5.74, 6) is -0.965. The molecule has 1 atom stereocenters. The topological polar surface area (TPSA) is 64.3 Å². The van der Waals surface area contributed by atoms with Crippen LogP contribution in [0.3, 0.4) is 0 Å². The van der Waals surface area contributed by atoms with Gasteiger partial charge in [-0.3, -0.25) is 0 Å². The first kappa shape index (κ1) is 11.9. The zero-order chi connectivity index (χ0) is 13.2. The number of carboxylic acids is 1. The highest BCUT2D eigenvalue weighted by molar-refractivity contribution is 5.89. The van der Waals surface area contributed by atoms with Crippen molar-refractivity contribution in [2.24, 2.45) is 0 Å². The molecule has 1 aliphatic heterocycles. The second kappa shape index (κ2) is 4.85. The van der Waals surface area contributed by atoms with Gasteiger partial charge in [0.1, 0.15) is 11.7 Å². The number of nitrogens with zero attached hydrogens (tertiary/aromatic N) is 2. The molecule has 2 heterocycles. The monoisotopic (exact) mass is 258 g/mol. The first-order valence-corrected chi connectivity index (χ1v) is 6.25. The number of ether oxygens (including phenoxy) is 1. The molecule has 1 aromatic heterocycles. The van der Waals surface area contributed by atoms with Gasteiger partial charge in [0, 0.05) is 6.61 Å². The Morgan fingerprint density at radius 3 is 2.79 bits per heavy atom. The predicted octanol–water partition coefficient (Wildman–Crippen LogP) is 2.42. The molecule has 2 aromatic rings. The van der Waals surface area contributed by atoms with Crippen LogP contribution in [-0.4, -0.2) is 27.5 Å². The number of hydrogen-bond donors (Lipinski definition) is 1. The van der Waals surface area contributed by atoms with E-state index in [1.165, 1.54) is 6.20 Å². The summed E-state index contributed by atoms with van der Waals surface area (Å²) >= 11 is 0. The number of benzene rings is 1. The maximum Gasteiger partial charge on any atom is 0.339 e.